The van der Waals surface area contributed by atoms with Gasteiger partial charge in [-0.25, -0.2) is 4.79 Å². The fraction of sp³-hybridized carbons (Fsp3) is 0.824. The molecule has 0 spiro atoms. The Bertz CT molecular complexity index is 521. The highest BCUT2D eigenvalue weighted by molar-refractivity contribution is 5.87. The molecule has 0 aliphatic heterocycles. The molecule has 0 aromatic carbocycles. The average molecular weight is 428 g/mol. The van der Waals surface area contributed by atoms with Crippen molar-refractivity contribution < 1.29 is 49.8 Å². The normalized spacial score (nSPS) is 13.5. The van der Waals surface area contributed by atoms with Gasteiger partial charge in [-0.15, -0.1) is 0 Å². The smallest absolute Gasteiger partial charge is 0.378 e. The summed E-state index contributed by atoms with van der Waals surface area (Å²) in [6.07, 6.45) is -4.00. The molecule has 0 atom stereocenters. The molecule has 0 aliphatic carbocycles. The van der Waals surface area contributed by atoms with Crippen LogP contribution >= 0.6 is 0 Å². The molecule has 166 valence electrons. The van der Waals surface area contributed by atoms with Gasteiger partial charge in [-0.1, -0.05) is 32.8 Å². The van der Waals surface area contributed by atoms with Crippen molar-refractivity contribution >= 4 is 5.97 Å². The van der Waals surface area contributed by atoms with E-state index in [4.69, 9.17) is 5.11 Å². The van der Waals surface area contributed by atoms with E-state index >= 15 is 0 Å². The summed E-state index contributed by atoms with van der Waals surface area (Å²) in [5.41, 5.74) is -0.439. The predicted octanol–water partition coefficient (Wildman–Crippen LogP) is 5.37. The van der Waals surface area contributed by atoms with E-state index in [1.54, 1.807) is 6.92 Å². The first-order valence-corrected chi connectivity index (χ1v) is 8.65. The van der Waals surface area contributed by atoms with Crippen LogP contribution in [0, 0.1) is 0 Å². The van der Waals surface area contributed by atoms with E-state index < -0.39 is 74.1 Å². The largest absolute Gasteiger partial charge is 0.462 e. The first-order valence-electron chi connectivity index (χ1n) is 8.65. The van der Waals surface area contributed by atoms with Crippen molar-refractivity contribution in [3.05, 3.63) is 12.2 Å². The number of alkyl halides is 8. The van der Waals surface area contributed by atoms with Gasteiger partial charge in [-0.3, -0.25) is 0 Å². The van der Waals surface area contributed by atoms with Crippen LogP contribution < -0.4 is 0 Å². The molecule has 0 fully saturated rings. The second-order valence-corrected chi connectivity index (χ2v) is 6.37. The Balaban J connectivity index is 4.99. The summed E-state index contributed by atoms with van der Waals surface area (Å²) < 4.78 is 114. The molecule has 28 heavy (non-hydrogen) atoms. The van der Waals surface area contributed by atoms with Gasteiger partial charge in [0, 0.05) is 12.8 Å². The van der Waals surface area contributed by atoms with Crippen molar-refractivity contribution in [3.8, 4) is 0 Å². The van der Waals surface area contributed by atoms with Crippen LogP contribution in [0.1, 0.15) is 51.9 Å². The van der Waals surface area contributed by atoms with Crippen molar-refractivity contribution in [2.45, 2.75) is 75.6 Å². The Morgan fingerprint density at radius 1 is 0.857 bits per heavy atom. The topological polar surface area (TPSA) is 46.5 Å². The lowest BCUT2D eigenvalue weighted by Crippen LogP contribution is -2.62. The molecule has 0 radical (unpaired) electrons. The van der Waals surface area contributed by atoms with E-state index in [2.05, 4.69) is 11.3 Å². The van der Waals surface area contributed by atoms with Crippen LogP contribution in [0.15, 0.2) is 12.2 Å². The van der Waals surface area contributed by atoms with Gasteiger partial charge in [0.05, 0.1) is 18.8 Å². The molecule has 1 N–H and O–H groups in total. The summed E-state index contributed by atoms with van der Waals surface area (Å²) in [5, 5.41) is 8.58. The average Bonchev–Trinajstić information content (AvgIpc) is 2.60. The van der Waals surface area contributed by atoms with E-state index in [1.165, 1.54) is 0 Å². The third-order valence-electron chi connectivity index (χ3n) is 4.01. The predicted molar refractivity (Wildman–Crippen MR) is 85.0 cm³/mol. The fourth-order valence-electron chi connectivity index (χ4n) is 2.17. The first-order chi connectivity index (χ1) is 12.7. The summed E-state index contributed by atoms with van der Waals surface area (Å²) in [5.74, 6) is -24.6. The third kappa shape index (κ3) is 6.31. The number of ether oxygens (including phenoxy) is 1. The highest BCUT2D eigenvalue weighted by Gasteiger charge is 2.79. The van der Waals surface area contributed by atoms with Gasteiger partial charge in [0.1, 0.15) is 0 Å². The zero-order chi connectivity index (χ0) is 22.2. The van der Waals surface area contributed by atoms with Crippen molar-refractivity contribution in [1.82, 2.24) is 0 Å². The summed E-state index contributed by atoms with van der Waals surface area (Å²) in [6.45, 7) is 3.10. The number of unbranched alkanes of at least 4 members (excludes halogenated alkanes) is 3. The standard InChI is InChI=1S/C17H24F8O3/c1-3-4-5-6-8-14(18,19)16(22,23)17(24,25)15(20,21)9-7-10-28-13(27)12(2)11-26/h26H,2-11H2,1H3. The quantitative estimate of drug-likeness (QED) is 0.175. The van der Waals surface area contributed by atoms with Gasteiger partial charge in [0.15, 0.2) is 0 Å². The molecule has 11 heteroatoms. The summed E-state index contributed by atoms with van der Waals surface area (Å²) in [4.78, 5) is 11.1. The molecule has 0 rings (SSSR count). The van der Waals surface area contributed by atoms with E-state index in [0.29, 0.717) is 12.8 Å². The first kappa shape index (κ1) is 26.6. The third-order valence-corrected chi connectivity index (χ3v) is 4.01. The molecule has 0 heterocycles. The molecular weight excluding hydrogens is 404 g/mol. The number of carbonyl (C=O) groups excluding carboxylic acids is 1. The number of halogens is 8. The Morgan fingerprint density at radius 2 is 1.32 bits per heavy atom. The zero-order valence-electron chi connectivity index (χ0n) is 15.4. The van der Waals surface area contributed by atoms with Crippen LogP contribution in [0.4, 0.5) is 35.1 Å². The van der Waals surface area contributed by atoms with Crippen LogP contribution in [0.3, 0.4) is 0 Å². The summed E-state index contributed by atoms with van der Waals surface area (Å²) in [7, 11) is 0. The van der Waals surface area contributed by atoms with Gasteiger partial charge >= 0.3 is 29.7 Å². The zero-order valence-corrected chi connectivity index (χ0v) is 15.4. The Hall–Kier alpha value is -1.39. The molecule has 0 aliphatic rings. The monoisotopic (exact) mass is 428 g/mol. The van der Waals surface area contributed by atoms with Crippen molar-refractivity contribution in [1.29, 1.82) is 0 Å². The maximum atomic E-state index is 13.7. The van der Waals surface area contributed by atoms with E-state index in [0.717, 1.165) is 0 Å². The Kier molecular flexibility index (Phi) is 9.89. The van der Waals surface area contributed by atoms with Crippen LogP contribution in [-0.4, -0.2) is 48.0 Å². The Morgan fingerprint density at radius 3 is 1.75 bits per heavy atom. The highest BCUT2D eigenvalue weighted by Crippen LogP contribution is 2.55. The second-order valence-electron chi connectivity index (χ2n) is 6.37. The fourth-order valence-corrected chi connectivity index (χ4v) is 2.17. The maximum Gasteiger partial charge on any atom is 0.378 e. The van der Waals surface area contributed by atoms with Gasteiger partial charge in [0.2, 0.25) is 0 Å². The lowest BCUT2D eigenvalue weighted by molar-refractivity contribution is -0.368. The number of hydrogen-bond acceptors (Lipinski definition) is 3. The molecule has 3 nitrogen and oxygen atoms in total. The van der Waals surface area contributed by atoms with E-state index in [9.17, 15) is 39.9 Å². The molecular formula is C17H24F8O3. The lowest BCUT2D eigenvalue weighted by Gasteiger charge is -2.37. The number of rotatable bonds is 14. The Labute approximate surface area is 157 Å². The van der Waals surface area contributed by atoms with E-state index in [1.807, 2.05) is 0 Å². The van der Waals surface area contributed by atoms with Crippen LogP contribution in [-0.2, 0) is 9.53 Å². The molecule has 0 unspecified atom stereocenters. The summed E-state index contributed by atoms with van der Waals surface area (Å²) in [6, 6.07) is 0. The highest BCUT2D eigenvalue weighted by atomic mass is 19.4. The van der Waals surface area contributed by atoms with Gasteiger partial charge in [-0.2, -0.15) is 35.1 Å². The molecule has 0 aromatic heterocycles. The second kappa shape index (κ2) is 10.4. The van der Waals surface area contributed by atoms with Gasteiger partial charge in [-0.05, 0) is 12.8 Å². The van der Waals surface area contributed by atoms with Crippen LogP contribution in [0.5, 0.6) is 0 Å². The minimum absolute atomic E-state index is 0.0780. The number of aliphatic hydroxyl groups is 1. The van der Waals surface area contributed by atoms with Crippen molar-refractivity contribution in [2.75, 3.05) is 13.2 Å². The van der Waals surface area contributed by atoms with Crippen LogP contribution in [0.25, 0.3) is 0 Å². The molecule has 0 bridgehead atoms. The van der Waals surface area contributed by atoms with Gasteiger partial charge < -0.3 is 9.84 Å². The lowest BCUT2D eigenvalue weighted by atomic mass is 9.92. The minimum Gasteiger partial charge on any atom is -0.462 e. The summed E-state index contributed by atoms with van der Waals surface area (Å²) >= 11 is 0. The SMILES string of the molecule is C=C(CO)C(=O)OCCCC(F)(F)C(F)(F)C(F)(F)C(F)(F)CCCCCC. The van der Waals surface area contributed by atoms with E-state index in [-0.39, 0.29) is 6.42 Å². The number of esters is 1. The van der Waals surface area contributed by atoms with Gasteiger partial charge in [0.25, 0.3) is 0 Å². The van der Waals surface area contributed by atoms with Crippen molar-refractivity contribution in [3.63, 3.8) is 0 Å². The maximum absolute atomic E-state index is 13.7. The number of aliphatic hydroxyl groups excluding tert-OH is 1. The molecule has 0 saturated heterocycles. The molecule has 0 amide bonds. The number of hydrogen-bond donors (Lipinski definition) is 1. The van der Waals surface area contributed by atoms with Crippen LogP contribution in [0.2, 0.25) is 0 Å². The molecule has 0 saturated carbocycles. The van der Waals surface area contributed by atoms with Crippen molar-refractivity contribution in [2.24, 2.45) is 0 Å². The molecule has 0 aromatic rings. The number of carbonyl (C=O) groups is 1. The minimum atomic E-state index is -6.31.